The maximum absolute atomic E-state index is 12.1. The van der Waals surface area contributed by atoms with Crippen molar-refractivity contribution in [3.05, 3.63) is 68.7 Å². The Labute approximate surface area is 136 Å². The topological polar surface area (TPSA) is 29.1 Å². The number of hydrogen-bond acceptors (Lipinski definition) is 1. The first kappa shape index (κ1) is 15.4. The second-order valence-corrected chi connectivity index (χ2v) is 5.82. The van der Waals surface area contributed by atoms with E-state index >= 15 is 0 Å². The van der Waals surface area contributed by atoms with Gasteiger partial charge >= 0.3 is 0 Å². The summed E-state index contributed by atoms with van der Waals surface area (Å²) in [6.07, 6.45) is 0. The van der Waals surface area contributed by atoms with Crippen molar-refractivity contribution in [3.8, 4) is 0 Å². The minimum Gasteiger partial charge on any atom is -0.348 e. The second-order valence-electron chi connectivity index (χ2n) is 4.26. The number of carbonyl (C=O) groups is 1. The molecule has 0 atom stereocenters. The molecule has 2 aromatic rings. The van der Waals surface area contributed by atoms with E-state index in [2.05, 4.69) is 21.2 Å². The van der Waals surface area contributed by atoms with E-state index in [1.807, 2.05) is 24.3 Å². The van der Waals surface area contributed by atoms with E-state index < -0.39 is 0 Å². The Balaban J connectivity index is 2.00. The fourth-order valence-electron chi connectivity index (χ4n) is 1.70. The van der Waals surface area contributed by atoms with Gasteiger partial charge in [0.25, 0.3) is 5.91 Å². The molecule has 0 aliphatic heterocycles. The molecule has 2 rings (SSSR count). The van der Waals surface area contributed by atoms with E-state index in [9.17, 15) is 4.79 Å². The summed E-state index contributed by atoms with van der Waals surface area (Å²) in [6.45, 7) is 0.469. The summed E-state index contributed by atoms with van der Waals surface area (Å²) in [5.41, 5.74) is 2.64. The molecule has 104 valence electrons. The van der Waals surface area contributed by atoms with Gasteiger partial charge in [-0.25, -0.2) is 0 Å². The predicted molar refractivity (Wildman–Crippen MR) is 86.3 cm³/mol. The maximum Gasteiger partial charge on any atom is 0.252 e. The summed E-state index contributed by atoms with van der Waals surface area (Å²) in [4.78, 5) is 12.1. The number of halogens is 3. The van der Waals surface area contributed by atoms with E-state index in [1.165, 1.54) is 0 Å². The van der Waals surface area contributed by atoms with Crippen LogP contribution in [0.5, 0.6) is 0 Å². The van der Waals surface area contributed by atoms with Crippen molar-refractivity contribution in [1.29, 1.82) is 0 Å². The number of benzene rings is 2. The summed E-state index contributed by atoms with van der Waals surface area (Å²) in [5.74, 6) is 0.347. The summed E-state index contributed by atoms with van der Waals surface area (Å²) >= 11 is 14.9. The van der Waals surface area contributed by atoms with Gasteiger partial charge in [0.05, 0.1) is 5.56 Å². The van der Waals surface area contributed by atoms with E-state index in [0.29, 0.717) is 27.5 Å². The molecular formula is C15H12BrCl2NO. The zero-order valence-electron chi connectivity index (χ0n) is 10.5. The molecule has 20 heavy (non-hydrogen) atoms. The largest absolute Gasteiger partial charge is 0.348 e. The molecule has 2 nitrogen and oxygen atoms in total. The Bertz CT molecular complexity index is 614. The van der Waals surface area contributed by atoms with Crippen LogP contribution in [0.1, 0.15) is 21.5 Å². The molecule has 0 saturated heterocycles. The first-order valence-electron chi connectivity index (χ1n) is 5.97. The smallest absolute Gasteiger partial charge is 0.252 e. The van der Waals surface area contributed by atoms with Gasteiger partial charge in [-0.3, -0.25) is 4.79 Å². The summed E-state index contributed by atoms with van der Waals surface area (Å²) in [6, 6.07) is 12.9. The Morgan fingerprint density at radius 1 is 1.10 bits per heavy atom. The summed E-state index contributed by atoms with van der Waals surface area (Å²) in [7, 11) is 0. The Morgan fingerprint density at radius 2 is 1.75 bits per heavy atom. The van der Waals surface area contributed by atoms with Gasteiger partial charge in [0.2, 0.25) is 0 Å². The summed E-state index contributed by atoms with van der Waals surface area (Å²) in [5, 5.41) is 3.46. The molecule has 0 aliphatic carbocycles. The molecule has 5 heteroatoms. The number of rotatable bonds is 4. The number of amides is 1. The minimum absolute atomic E-state index is 0.144. The van der Waals surface area contributed by atoms with Crippen LogP contribution in [-0.4, -0.2) is 5.91 Å². The van der Waals surface area contributed by atoms with Crippen LogP contribution in [-0.2, 0) is 12.4 Å². The van der Waals surface area contributed by atoms with E-state index in [4.69, 9.17) is 23.2 Å². The van der Waals surface area contributed by atoms with Crippen molar-refractivity contribution in [3.63, 3.8) is 0 Å². The quantitative estimate of drug-likeness (QED) is 0.769. The summed E-state index contributed by atoms with van der Waals surface area (Å²) < 4.78 is 0.681. The molecule has 0 heterocycles. The fraction of sp³-hybridized carbons (Fsp3) is 0.133. The molecule has 0 aromatic heterocycles. The first-order chi connectivity index (χ1) is 9.60. The standard InChI is InChI=1S/C15H12BrCl2NO/c16-14-7-12(18)5-6-13(14)15(20)19-9-11-3-1-10(8-17)2-4-11/h1-7H,8-9H2,(H,19,20). The third kappa shape index (κ3) is 3.98. The van der Waals surface area contributed by atoms with Gasteiger partial charge in [-0.2, -0.15) is 0 Å². The Morgan fingerprint density at radius 3 is 2.35 bits per heavy atom. The minimum atomic E-state index is -0.144. The second kappa shape index (κ2) is 7.11. The lowest BCUT2D eigenvalue weighted by Gasteiger charge is -2.08. The average Bonchev–Trinajstić information content (AvgIpc) is 2.45. The van der Waals surface area contributed by atoms with Crippen molar-refractivity contribution in [2.24, 2.45) is 0 Å². The zero-order valence-corrected chi connectivity index (χ0v) is 13.6. The highest BCUT2D eigenvalue weighted by Gasteiger charge is 2.09. The first-order valence-corrected chi connectivity index (χ1v) is 7.67. The highest BCUT2D eigenvalue weighted by molar-refractivity contribution is 9.10. The number of carbonyl (C=O) groups excluding carboxylic acids is 1. The number of alkyl halides is 1. The van der Waals surface area contributed by atoms with Crippen LogP contribution in [0.25, 0.3) is 0 Å². The van der Waals surface area contributed by atoms with Crippen molar-refractivity contribution < 1.29 is 4.79 Å². The van der Waals surface area contributed by atoms with Crippen LogP contribution in [0, 0.1) is 0 Å². The lowest BCUT2D eigenvalue weighted by atomic mass is 10.1. The number of hydrogen-bond donors (Lipinski definition) is 1. The highest BCUT2D eigenvalue weighted by Crippen LogP contribution is 2.21. The van der Waals surface area contributed by atoms with Crippen molar-refractivity contribution in [1.82, 2.24) is 5.32 Å². The van der Waals surface area contributed by atoms with Gasteiger partial charge in [0, 0.05) is 21.9 Å². The molecule has 0 bridgehead atoms. The van der Waals surface area contributed by atoms with E-state index in [1.54, 1.807) is 18.2 Å². The van der Waals surface area contributed by atoms with Gasteiger partial charge in [0.1, 0.15) is 0 Å². The SMILES string of the molecule is O=C(NCc1ccc(CCl)cc1)c1ccc(Cl)cc1Br. The van der Waals surface area contributed by atoms with Gasteiger partial charge in [-0.1, -0.05) is 35.9 Å². The van der Waals surface area contributed by atoms with Crippen molar-refractivity contribution in [2.45, 2.75) is 12.4 Å². The normalized spacial score (nSPS) is 10.3. The average molecular weight is 373 g/mol. The molecule has 0 radical (unpaired) electrons. The van der Waals surface area contributed by atoms with Crippen molar-refractivity contribution >= 4 is 45.0 Å². The van der Waals surface area contributed by atoms with Gasteiger partial charge in [-0.15, -0.1) is 11.6 Å². The van der Waals surface area contributed by atoms with Crippen LogP contribution in [0.15, 0.2) is 46.9 Å². The van der Waals surface area contributed by atoms with E-state index in [-0.39, 0.29) is 5.91 Å². The van der Waals surface area contributed by atoms with Crippen molar-refractivity contribution in [2.75, 3.05) is 0 Å². The van der Waals surface area contributed by atoms with E-state index in [0.717, 1.165) is 11.1 Å². The van der Waals surface area contributed by atoms with Crippen LogP contribution in [0.4, 0.5) is 0 Å². The lowest BCUT2D eigenvalue weighted by molar-refractivity contribution is 0.0950. The fourth-order valence-corrected chi connectivity index (χ4v) is 2.74. The molecule has 0 unspecified atom stereocenters. The van der Waals surface area contributed by atoms with Crippen LogP contribution >= 0.6 is 39.1 Å². The van der Waals surface area contributed by atoms with Crippen LogP contribution < -0.4 is 5.32 Å². The monoisotopic (exact) mass is 371 g/mol. The number of nitrogens with one attached hydrogen (secondary N) is 1. The maximum atomic E-state index is 12.1. The molecule has 2 aromatic carbocycles. The highest BCUT2D eigenvalue weighted by atomic mass is 79.9. The van der Waals surface area contributed by atoms with Crippen LogP contribution in [0.2, 0.25) is 5.02 Å². The molecule has 0 saturated carbocycles. The molecule has 1 N–H and O–H groups in total. The third-order valence-corrected chi connectivity index (χ3v) is 4.01. The molecule has 0 aliphatic rings. The molecule has 0 fully saturated rings. The predicted octanol–water partition coefficient (Wildman–Crippen LogP) is 4.77. The Kier molecular flexibility index (Phi) is 5.46. The lowest BCUT2D eigenvalue weighted by Crippen LogP contribution is -2.23. The van der Waals surface area contributed by atoms with Gasteiger partial charge in [-0.05, 0) is 45.3 Å². The zero-order chi connectivity index (χ0) is 14.5. The Hall–Kier alpha value is -1.03. The molecular weight excluding hydrogens is 361 g/mol. The van der Waals surface area contributed by atoms with Gasteiger partial charge < -0.3 is 5.32 Å². The van der Waals surface area contributed by atoms with Crippen LogP contribution in [0.3, 0.4) is 0 Å². The van der Waals surface area contributed by atoms with Gasteiger partial charge in [0.15, 0.2) is 0 Å². The third-order valence-electron chi connectivity index (χ3n) is 2.81. The molecule has 1 amide bonds. The molecule has 0 spiro atoms.